The molecule has 234 valence electrons. The van der Waals surface area contributed by atoms with Crippen molar-refractivity contribution in [1.29, 1.82) is 5.26 Å². The molecule has 1 aliphatic carbocycles. The maximum absolute atomic E-state index is 15.4. The topological polar surface area (TPSA) is 103 Å². The van der Waals surface area contributed by atoms with Crippen molar-refractivity contribution >= 4 is 40.2 Å². The quantitative estimate of drug-likeness (QED) is 0.254. The minimum atomic E-state index is -1.53. The zero-order valence-corrected chi connectivity index (χ0v) is 27.2. The first-order valence-corrected chi connectivity index (χ1v) is 16.8. The fraction of sp³-hybridized carbons (Fsp3) is 0.371. The third kappa shape index (κ3) is 6.43. The number of carbonyl (C=O) groups excluding carboxylic acids is 1. The second-order valence-corrected chi connectivity index (χ2v) is 15.5. The molecule has 1 saturated heterocycles. The van der Waals surface area contributed by atoms with Crippen molar-refractivity contribution < 1.29 is 13.7 Å². The van der Waals surface area contributed by atoms with Crippen LogP contribution in [0.15, 0.2) is 78.1 Å². The Kier molecular flexibility index (Phi) is 8.61. The molecule has 3 aromatic carbocycles. The van der Waals surface area contributed by atoms with Gasteiger partial charge in [0.25, 0.3) is 0 Å². The van der Waals surface area contributed by atoms with Gasteiger partial charge in [0.1, 0.15) is 28.0 Å². The third-order valence-electron chi connectivity index (χ3n) is 8.95. The normalized spacial score (nSPS) is 25.4. The molecule has 3 N–H and O–H groups in total. The van der Waals surface area contributed by atoms with E-state index in [0.29, 0.717) is 35.5 Å². The van der Waals surface area contributed by atoms with Gasteiger partial charge in [0.15, 0.2) is 0 Å². The number of anilines is 2. The van der Waals surface area contributed by atoms with E-state index in [1.54, 1.807) is 24.3 Å². The van der Waals surface area contributed by atoms with Gasteiger partial charge < -0.3 is 20.1 Å². The zero-order chi connectivity index (χ0) is 31.9. The van der Waals surface area contributed by atoms with E-state index in [9.17, 15) is 14.6 Å². The number of nitriles is 1. The molecule has 3 unspecified atom stereocenters. The fourth-order valence-corrected chi connectivity index (χ4v) is 7.46. The number of nitrogens with one attached hydrogen (secondary N) is 3. The van der Waals surface area contributed by atoms with Crippen LogP contribution in [-0.2, 0) is 21.7 Å². The van der Waals surface area contributed by atoms with Gasteiger partial charge in [-0.05, 0) is 124 Å². The predicted molar refractivity (Wildman–Crippen MR) is 177 cm³/mol. The molecule has 6 rings (SSSR count). The molecule has 10 heteroatoms. The first-order chi connectivity index (χ1) is 21.5. The smallest absolute Gasteiger partial charge is 0.247 e. The molecule has 45 heavy (non-hydrogen) atoms. The second kappa shape index (κ2) is 12.3. The van der Waals surface area contributed by atoms with Gasteiger partial charge in [-0.3, -0.25) is 4.79 Å². The molecule has 7 nitrogen and oxygen atoms in total. The molecule has 2 fully saturated rings. The van der Waals surface area contributed by atoms with Crippen molar-refractivity contribution in [2.24, 2.45) is 5.92 Å². The number of nitrogens with zero attached hydrogens (tertiary/aromatic N) is 2. The summed E-state index contributed by atoms with van der Waals surface area (Å²) in [7, 11) is 0. The minimum Gasteiger partial charge on any atom is -0.598 e. The Morgan fingerprint density at radius 1 is 1.11 bits per heavy atom. The number of allylic oxidation sites excluding steroid dienone is 1. The summed E-state index contributed by atoms with van der Waals surface area (Å²) in [5, 5.41) is 16.9. The van der Waals surface area contributed by atoms with E-state index in [2.05, 4.69) is 26.3 Å². The molecular weight excluding hydrogens is 609 g/mol. The number of halogens is 2. The number of carbonyl (C=O) groups is 1. The van der Waals surface area contributed by atoms with Crippen molar-refractivity contribution in [3.8, 4) is 6.07 Å². The minimum absolute atomic E-state index is 0.0674. The number of amides is 1. The lowest BCUT2D eigenvalue weighted by atomic mass is 9.78. The summed E-state index contributed by atoms with van der Waals surface area (Å²) in [5.74, 6) is 0.297. The van der Waals surface area contributed by atoms with Gasteiger partial charge in [0.05, 0.1) is 17.3 Å². The maximum Gasteiger partial charge on any atom is 0.247 e. The standard InChI is InChI=1S/C35H37ClFN5O2S/c1-34(2,3)45(44)41-35(24-7-4-6-22(18-24)21-38)16-15-23-19-28(23)32(39-27-12-10-26(36)11-13-27)42-17-5-8-31(42)33(43)40-30-20-25(35)9-14-29(30)37/h4,6-7,9-14,18,20,23,31,39,41H,5,8,15-17,19H2,1-3H3,(H,40,43)/b32-28-/t23?,31-,35?,45?/m0/s1. The lowest BCUT2D eigenvalue weighted by molar-refractivity contribution is -0.119. The largest absolute Gasteiger partial charge is 0.598 e. The van der Waals surface area contributed by atoms with Crippen LogP contribution in [0.2, 0.25) is 5.02 Å². The van der Waals surface area contributed by atoms with E-state index >= 15 is 4.39 Å². The Bertz CT molecular complexity index is 1680. The molecule has 1 saturated carbocycles. The number of hydrogen-bond acceptors (Lipinski definition) is 6. The highest BCUT2D eigenvalue weighted by Gasteiger charge is 2.46. The van der Waals surface area contributed by atoms with Crippen molar-refractivity contribution in [2.75, 3.05) is 17.2 Å². The highest BCUT2D eigenvalue weighted by molar-refractivity contribution is 7.90. The summed E-state index contributed by atoms with van der Waals surface area (Å²) < 4.78 is 32.2. The van der Waals surface area contributed by atoms with Crippen LogP contribution in [0.1, 0.15) is 69.6 Å². The Hall–Kier alpha value is -3.55. The van der Waals surface area contributed by atoms with E-state index in [1.807, 2.05) is 57.2 Å². The van der Waals surface area contributed by atoms with Crippen LogP contribution in [0.25, 0.3) is 0 Å². The molecule has 1 amide bonds. The van der Waals surface area contributed by atoms with E-state index in [1.165, 1.54) is 11.6 Å². The van der Waals surface area contributed by atoms with Gasteiger partial charge >= 0.3 is 0 Å². The lowest BCUT2D eigenvalue weighted by Crippen LogP contribution is -2.52. The number of benzene rings is 3. The molecule has 3 aliphatic rings. The van der Waals surface area contributed by atoms with Crippen molar-refractivity contribution in [3.63, 3.8) is 0 Å². The Morgan fingerprint density at radius 2 is 1.87 bits per heavy atom. The summed E-state index contributed by atoms with van der Waals surface area (Å²) in [6.07, 6.45) is 3.60. The van der Waals surface area contributed by atoms with Gasteiger partial charge in [-0.2, -0.15) is 5.26 Å². The van der Waals surface area contributed by atoms with Crippen LogP contribution >= 0.6 is 11.6 Å². The molecule has 0 aromatic heterocycles. The van der Waals surface area contributed by atoms with Crippen LogP contribution < -0.4 is 15.4 Å². The molecule has 2 bridgehead atoms. The van der Waals surface area contributed by atoms with Crippen LogP contribution in [0.4, 0.5) is 15.8 Å². The van der Waals surface area contributed by atoms with Gasteiger partial charge in [0.2, 0.25) is 5.91 Å². The Labute approximate surface area is 272 Å². The molecule has 2 heterocycles. The molecule has 4 atom stereocenters. The number of rotatable bonds is 5. The lowest BCUT2D eigenvalue weighted by Gasteiger charge is -2.39. The molecule has 0 spiro atoms. The Morgan fingerprint density at radius 3 is 2.60 bits per heavy atom. The number of fused-ring (bicyclic) bond motifs is 4. The zero-order valence-electron chi connectivity index (χ0n) is 25.6. The number of hydrogen-bond donors (Lipinski definition) is 3. The summed E-state index contributed by atoms with van der Waals surface area (Å²) in [5.41, 5.74) is 3.00. The van der Waals surface area contributed by atoms with E-state index in [-0.39, 0.29) is 17.5 Å². The summed E-state index contributed by atoms with van der Waals surface area (Å²) in [6, 6.07) is 21.2. The first kappa shape index (κ1) is 31.4. The third-order valence-corrected chi connectivity index (χ3v) is 10.8. The van der Waals surface area contributed by atoms with Crippen LogP contribution in [-0.4, -0.2) is 32.7 Å². The van der Waals surface area contributed by atoms with Crippen molar-refractivity contribution in [3.05, 3.63) is 106 Å². The van der Waals surface area contributed by atoms with Gasteiger partial charge in [-0.1, -0.05) is 29.8 Å². The monoisotopic (exact) mass is 645 g/mol. The van der Waals surface area contributed by atoms with Crippen LogP contribution in [0.5, 0.6) is 0 Å². The SMILES string of the molecule is CC(C)(C)[S+]([O-])NC1(c2cccc(C#N)c2)CCC2C/C2=C(\Nc2ccc(Cl)cc2)N2CCC[C@H]2C(=O)Nc2cc1ccc2F. The summed E-state index contributed by atoms with van der Waals surface area (Å²) >= 11 is 4.63. The first-order valence-electron chi connectivity index (χ1n) is 15.3. The van der Waals surface area contributed by atoms with Gasteiger partial charge in [0, 0.05) is 28.6 Å². The van der Waals surface area contributed by atoms with E-state index in [0.717, 1.165) is 36.3 Å². The average Bonchev–Trinajstić information content (AvgIpc) is 3.62. The molecule has 3 aromatic rings. The highest BCUT2D eigenvalue weighted by atomic mass is 35.5. The van der Waals surface area contributed by atoms with Gasteiger partial charge in [-0.15, -0.1) is 4.72 Å². The maximum atomic E-state index is 15.4. The highest BCUT2D eigenvalue weighted by Crippen LogP contribution is 2.49. The van der Waals surface area contributed by atoms with Crippen LogP contribution in [0.3, 0.4) is 0 Å². The van der Waals surface area contributed by atoms with Crippen molar-refractivity contribution in [2.45, 2.75) is 69.2 Å². The summed E-state index contributed by atoms with van der Waals surface area (Å²) in [6.45, 7) is 6.39. The fourth-order valence-electron chi connectivity index (χ4n) is 6.37. The predicted octanol–water partition coefficient (Wildman–Crippen LogP) is 7.19. The molecule has 2 aliphatic heterocycles. The Balaban J connectivity index is 1.50. The van der Waals surface area contributed by atoms with E-state index in [4.69, 9.17) is 11.6 Å². The van der Waals surface area contributed by atoms with Gasteiger partial charge in [-0.25, -0.2) is 4.39 Å². The van der Waals surface area contributed by atoms with E-state index < -0.39 is 33.5 Å². The second-order valence-electron chi connectivity index (χ2n) is 13.1. The van der Waals surface area contributed by atoms with Crippen LogP contribution in [0, 0.1) is 23.1 Å². The summed E-state index contributed by atoms with van der Waals surface area (Å²) in [4.78, 5) is 16.0. The average molecular weight is 646 g/mol. The molecule has 0 radical (unpaired) electrons. The van der Waals surface area contributed by atoms with Crippen molar-refractivity contribution in [1.82, 2.24) is 9.62 Å². The molecular formula is C35H37ClFN5O2S.